The minimum absolute atomic E-state index is 0.189. The summed E-state index contributed by atoms with van der Waals surface area (Å²) in [7, 11) is 0. The number of ether oxygens (including phenoxy) is 2. The highest BCUT2D eigenvalue weighted by Crippen LogP contribution is 2.32. The first-order valence-electron chi connectivity index (χ1n) is 6.81. The molecule has 1 N–H and O–H groups in total. The molecule has 1 aliphatic heterocycles. The van der Waals surface area contributed by atoms with E-state index in [1.54, 1.807) is 24.3 Å². The SMILES string of the molecule is CC(C)c1cc(C(=O)Nc2ccc3c(c2)OCCO3)on1. The highest BCUT2D eigenvalue weighted by atomic mass is 16.6. The van der Waals surface area contributed by atoms with Gasteiger partial charge in [0.15, 0.2) is 11.5 Å². The molecule has 3 rings (SSSR count). The van der Waals surface area contributed by atoms with Crippen LogP contribution in [0.5, 0.6) is 11.5 Å². The summed E-state index contributed by atoms with van der Waals surface area (Å²) < 4.78 is 16.0. The van der Waals surface area contributed by atoms with Crippen molar-refractivity contribution in [3.05, 3.63) is 35.7 Å². The van der Waals surface area contributed by atoms with E-state index in [2.05, 4.69) is 10.5 Å². The van der Waals surface area contributed by atoms with Crippen molar-refractivity contribution in [3.63, 3.8) is 0 Å². The van der Waals surface area contributed by atoms with Crippen LogP contribution < -0.4 is 14.8 Å². The minimum atomic E-state index is -0.342. The molecule has 1 aromatic heterocycles. The number of nitrogens with zero attached hydrogens (tertiary/aromatic N) is 1. The number of aromatic nitrogens is 1. The van der Waals surface area contributed by atoms with Crippen LogP contribution in [0.4, 0.5) is 5.69 Å². The highest BCUT2D eigenvalue weighted by Gasteiger charge is 2.17. The first kappa shape index (κ1) is 13.5. The molecule has 0 bridgehead atoms. The summed E-state index contributed by atoms with van der Waals surface area (Å²) in [4.78, 5) is 12.1. The number of fused-ring (bicyclic) bond motifs is 1. The molecule has 6 heteroatoms. The lowest BCUT2D eigenvalue weighted by atomic mass is 10.1. The van der Waals surface area contributed by atoms with E-state index >= 15 is 0 Å². The van der Waals surface area contributed by atoms with Crippen molar-refractivity contribution in [2.45, 2.75) is 19.8 Å². The number of benzene rings is 1. The third-order valence-electron chi connectivity index (χ3n) is 3.14. The zero-order valence-electron chi connectivity index (χ0n) is 11.9. The van der Waals surface area contributed by atoms with Gasteiger partial charge >= 0.3 is 0 Å². The van der Waals surface area contributed by atoms with Crippen molar-refractivity contribution >= 4 is 11.6 Å². The third kappa shape index (κ3) is 2.84. The smallest absolute Gasteiger partial charge is 0.294 e. The first-order chi connectivity index (χ1) is 10.1. The Morgan fingerprint density at radius 1 is 1.19 bits per heavy atom. The van der Waals surface area contributed by atoms with Gasteiger partial charge in [0.25, 0.3) is 5.91 Å². The normalized spacial score (nSPS) is 13.3. The van der Waals surface area contributed by atoms with E-state index in [1.165, 1.54) is 0 Å². The van der Waals surface area contributed by atoms with Gasteiger partial charge in [-0.25, -0.2) is 0 Å². The Labute approximate surface area is 122 Å². The maximum absolute atomic E-state index is 12.1. The number of amides is 1. The molecule has 1 aliphatic rings. The number of anilines is 1. The van der Waals surface area contributed by atoms with E-state index in [4.69, 9.17) is 14.0 Å². The number of hydrogen-bond acceptors (Lipinski definition) is 5. The molecular formula is C15H16N2O4. The molecule has 1 aromatic carbocycles. The van der Waals surface area contributed by atoms with Crippen molar-refractivity contribution in [3.8, 4) is 11.5 Å². The molecular weight excluding hydrogens is 272 g/mol. The maximum atomic E-state index is 12.1. The Morgan fingerprint density at radius 3 is 2.67 bits per heavy atom. The van der Waals surface area contributed by atoms with Gasteiger partial charge in [0.2, 0.25) is 5.76 Å². The second-order valence-corrected chi connectivity index (χ2v) is 5.08. The van der Waals surface area contributed by atoms with Gasteiger partial charge in [-0.3, -0.25) is 4.79 Å². The molecule has 2 aromatic rings. The second-order valence-electron chi connectivity index (χ2n) is 5.08. The number of nitrogens with one attached hydrogen (secondary N) is 1. The summed E-state index contributed by atoms with van der Waals surface area (Å²) in [5.74, 6) is 1.37. The predicted molar refractivity (Wildman–Crippen MR) is 76.0 cm³/mol. The molecule has 0 aliphatic carbocycles. The topological polar surface area (TPSA) is 73.6 Å². The molecule has 2 heterocycles. The van der Waals surface area contributed by atoms with E-state index < -0.39 is 0 Å². The van der Waals surface area contributed by atoms with Crippen molar-refractivity contribution in [2.75, 3.05) is 18.5 Å². The molecule has 0 saturated heterocycles. The van der Waals surface area contributed by atoms with Crippen LogP contribution in [-0.4, -0.2) is 24.3 Å². The summed E-state index contributed by atoms with van der Waals surface area (Å²) in [5.41, 5.74) is 1.37. The van der Waals surface area contributed by atoms with E-state index in [0.717, 1.165) is 5.69 Å². The molecule has 6 nitrogen and oxygen atoms in total. The average molecular weight is 288 g/mol. The van der Waals surface area contributed by atoms with Crippen molar-refractivity contribution < 1.29 is 18.8 Å². The van der Waals surface area contributed by atoms with Gasteiger partial charge in [0.05, 0.1) is 5.69 Å². The van der Waals surface area contributed by atoms with Crippen LogP contribution in [0.3, 0.4) is 0 Å². The molecule has 0 unspecified atom stereocenters. The van der Waals surface area contributed by atoms with E-state index in [9.17, 15) is 4.79 Å². The Hall–Kier alpha value is -2.50. The van der Waals surface area contributed by atoms with Gasteiger partial charge in [-0.05, 0) is 18.1 Å². The van der Waals surface area contributed by atoms with Gasteiger partial charge in [-0.1, -0.05) is 19.0 Å². The fourth-order valence-corrected chi connectivity index (χ4v) is 1.98. The van der Waals surface area contributed by atoms with Gasteiger partial charge in [-0.2, -0.15) is 0 Å². The zero-order valence-corrected chi connectivity index (χ0v) is 11.9. The summed E-state index contributed by atoms with van der Waals surface area (Å²) in [5, 5.41) is 6.62. The minimum Gasteiger partial charge on any atom is -0.486 e. The molecule has 0 spiro atoms. The fourth-order valence-electron chi connectivity index (χ4n) is 1.98. The molecule has 110 valence electrons. The molecule has 0 saturated carbocycles. The number of carbonyl (C=O) groups is 1. The van der Waals surface area contributed by atoms with Crippen LogP contribution in [0.15, 0.2) is 28.8 Å². The van der Waals surface area contributed by atoms with Gasteiger partial charge in [-0.15, -0.1) is 0 Å². The van der Waals surface area contributed by atoms with Crippen molar-refractivity contribution in [2.24, 2.45) is 0 Å². The van der Waals surface area contributed by atoms with Crippen molar-refractivity contribution in [1.82, 2.24) is 5.16 Å². The van der Waals surface area contributed by atoms with Crippen LogP contribution >= 0.6 is 0 Å². The lowest BCUT2D eigenvalue weighted by Crippen LogP contribution is -2.16. The summed E-state index contributed by atoms with van der Waals surface area (Å²) in [6.45, 7) is 5.01. The third-order valence-corrected chi connectivity index (χ3v) is 3.14. The Morgan fingerprint density at radius 2 is 1.95 bits per heavy atom. The molecule has 0 radical (unpaired) electrons. The van der Waals surface area contributed by atoms with E-state index in [1.807, 2.05) is 13.8 Å². The van der Waals surface area contributed by atoms with Gasteiger partial charge in [0, 0.05) is 17.8 Å². The van der Waals surface area contributed by atoms with Gasteiger partial charge < -0.3 is 19.3 Å². The molecule has 1 amide bonds. The van der Waals surface area contributed by atoms with Crippen LogP contribution in [0, 0.1) is 0 Å². The fraction of sp³-hybridized carbons (Fsp3) is 0.333. The Balaban J connectivity index is 1.74. The van der Waals surface area contributed by atoms with Crippen LogP contribution in [0.2, 0.25) is 0 Å². The number of rotatable bonds is 3. The summed E-state index contributed by atoms with van der Waals surface area (Å²) >= 11 is 0. The maximum Gasteiger partial charge on any atom is 0.294 e. The van der Waals surface area contributed by atoms with E-state index in [-0.39, 0.29) is 17.6 Å². The molecule has 21 heavy (non-hydrogen) atoms. The monoisotopic (exact) mass is 288 g/mol. The number of carbonyl (C=O) groups excluding carboxylic acids is 1. The Kier molecular flexibility index (Phi) is 3.51. The van der Waals surface area contributed by atoms with Crippen molar-refractivity contribution in [1.29, 1.82) is 0 Å². The zero-order chi connectivity index (χ0) is 14.8. The largest absolute Gasteiger partial charge is 0.486 e. The number of hydrogen-bond donors (Lipinski definition) is 1. The lowest BCUT2D eigenvalue weighted by Gasteiger charge is -2.18. The first-order valence-corrected chi connectivity index (χ1v) is 6.81. The Bertz CT molecular complexity index is 663. The molecule has 0 atom stereocenters. The standard InChI is InChI=1S/C15H16N2O4/c1-9(2)11-8-14(21-17-11)15(18)16-10-3-4-12-13(7-10)20-6-5-19-12/h3-4,7-9H,5-6H2,1-2H3,(H,16,18). The van der Waals surface area contributed by atoms with Crippen LogP contribution in [0.1, 0.15) is 36.0 Å². The quantitative estimate of drug-likeness (QED) is 0.940. The predicted octanol–water partition coefficient (Wildman–Crippen LogP) is 2.82. The summed E-state index contributed by atoms with van der Waals surface area (Å²) in [6.07, 6.45) is 0. The van der Waals surface area contributed by atoms with Crippen LogP contribution in [-0.2, 0) is 0 Å². The van der Waals surface area contributed by atoms with Crippen LogP contribution in [0.25, 0.3) is 0 Å². The van der Waals surface area contributed by atoms with Gasteiger partial charge in [0.1, 0.15) is 13.2 Å². The lowest BCUT2D eigenvalue weighted by molar-refractivity contribution is 0.0987. The summed E-state index contributed by atoms with van der Waals surface area (Å²) in [6, 6.07) is 6.90. The highest BCUT2D eigenvalue weighted by molar-refractivity contribution is 6.02. The average Bonchev–Trinajstić information content (AvgIpc) is 2.97. The second kappa shape index (κ2) is 5.47. The van der Waals surface area contributed by atoms with E-state index in [0.29, 0.717) is 30.4 Å². The molecule has 0 fully saturated rings.